The molecule has 0 spiro atoms. The monoisotopic (exact) mass is 109 g/mol. The number of rotatable bonds is 1. The number of amides is 1. The molecule has 0 saturated heterocycles. The molecule has 1 amide bonds. The normalized spacial score (nSPS) is 17.5. The number of carbonyl (C=O) groups excluding carboxylic acids is 1. The molecular formula is C6H7NO. The molecule has 0 unspecified atom stereocenters. The smallest absolute Gasteiger partial charge is 0.251 e. The third-order valence-electron chi connectivity index (χ3n) is 1.07. The molecule has 42 valence electrons. The van der Waals surface area contributed by atoms with Crippen LogP contribution in [0.15, 0.2) is 24.3 Å². The standard InChI is InChI=1S/C6H7NO/c1-2-5-3-4-7-6(5)8/h2-3H,1,4H2,(H,7,8). The van der Waals surface area contributed by atoms with Crippen molar-refractivity contribution < 1.29 is 4.79 Å². The number of hydrogen-bond donors (Lipinski definition) is 1. The van der Waals surface area contributed by atoms with E-state index in [2.05, 4.69) is 11.9 Å². The molecular weight excluding hydrogens is 102 g/mol. The van der Waals surface area contributed by atoms with Gasteiger partial charge >= 0.3 is 0 Å². The second-order valence-electron chi connectivity index (χ2n) is 1.57. The Labute approximate surface area is 47.9 Å². The molecule has 1 aliphatic rings. The quantitative estimate of drug-likeness (QED) is 0.513. The van der Waals surface area contributed by atoms with Gasteiger partial charge in [0.25, 0.3) is 5.91 Å². The van der Waals surface area contributed by atoms with Crippen LogP contribution >= 0.6 is 0 Å². The van der Waals surface area contributed by atoms with Crippen molar-refractivity contribution in [2.75, 3.05) is 6.54 Å². The molecule has 0 aromatic rings. The van der Waals surface area contributed by atoms with E-state index in [1.165, 1.54) is 0 Å². The molecule has 1 heterocycles. The van der Waals surface area contributed by atoms with E-state index in [0.29, 0.717) is 12.1 Å². The Bertz CT molecular complexity index is 158. The van der Waals surface area contributed by atoms with Crippen LogP contribution in [0.4, 0.5) is 0 Å². The second kappa shape index (κ2) is 1.82. The Balaban J connectivity index is 2.76. The molecule has 2 nitrogen and oxygen atoms in total. The Hall–Kier alpha value is -1.05. The first-order valence-corrected chi connectivity index (χ1v) is 2.45. The lowest BCUT2D eigenvalue weighted by Gasteiger charge is -1.87. The highest BCUT2D eigenvalue weighted by atomic mass is 16.1. The van der Waals surface area contributed by atoms with Crippen LogP contribution in [-0.2, 0) is 4.79 Å². The van der Waals surface area contributed by atoms with Gasteiger partial charge < -0.3 is 5.32 Å². The van der Waals surface area contributed by atoms with Gasteiger partial charge in [-0.25, -0.2) is 0 Å². The van der Waals surface area contributed by atoms with Gasteiger partial charge in [-0.2, -0.15) is 0 Å². The van der Waals surface area contributed by atoms with E-state index < -0.39 is 0 Å². The van der Waals surface area contributed by atoms with Crippen LogP contribution in [-0.4, -0.2) is 12.5 Å². The van der Waals surface area contributed by atoms with Gasteiger partial charge in [0.1, 0.15) is 0 Å². The van der Waals surface area contributed by atoms with Crippen LogP contribution in [0.3, 0.4) is 0 Å². The number of hydrogen-bond acceptors (Lipinski definition) is 1. The summed E-state index contributed by atoms with van der Waals surface area (Å²) in [5, 5.41) is 2.62. The minimum absolute atomic E-state index is 0.0139. The predicted molar refractivity (Wildman–Crippen MR) is 31.3 cm³/mol. The van der Waals surface area contributed by atoms with Gasteiger partial charge in [-0.05, 0) is 0 Å². The van der Waals surface area contributed by atoms with Crippen LogP contribution in [0.1, 0.15) is 0 Å². The van der Waals surface area contributed by atoms with Crippen molar-refractivity contribution in [2.45, 2.75) is 0 Å². The van der Waals surface area contributed by atoms with E-state index in [0.717, 1.165) is 0 Å². The molecule has 2 heteroatoms. The summed E-state index contributed by atoms with van der Waals surface area (Å²) < 4.78 is 0. The van der Waals surface area contributed by atoms with Crippen molar-refractivity contribution in [3.63, 3.8) is 0 Å². The lowest BCUT2D eigenvalue weighted by Crippen LogP contribution is -2.16. The highest BCUT2D eigenvalue weighted by Crippen LogP contribution is 1.99. The van der Waals surface area contributed by atoms with Gasteiger partial charge in [0.15, 0.2) is 0 Å². The van der Waals surface area contributed by atoms with Crippen molar-refractivity contribution in [3.05, 3.63) is 24.3 Å². The number of nitrogens with one attached hydrogen (secondary N) is 1. The van der Waals surface area contributed by atoms with Gasteiger partial charge in [-0.15, -0.1) is 0 Å². The summed E-state index contributed by atoms with van der Waals surface area (Å²) in [5.74, 6) is -0.0139. The summed E-state index contributed by atoms with van der Waals surface area (Å²) in [6, 6.07) is 0. The number of carbonyl (C=O) groups is 1. The highest BCUT2D eigenvalue weighted by Gasteiger charge is 2.08. The van der Waals surface area contributed by atoms with Crippen molar-refractivity contribution >= 4 is 5.91 Å². The fraction of sp³-hybridized carbons (Fsp3) is 0.167. The van der Waals surface area contributed by atoms with Gasteiger partial charge in [0.2, 0.25) is 0 Å². The van der Waals surface area contributed by atoms with Crippen LogP contribution in [0.25, 0.3) is 0 Å². The molecule has 0 aromatic carbocycles. The predicted octanol–water partition coefficient (Wildman–Crippen LogP) is 0.229. The molecule has 8 heavy (non-hydrogen) atoms. The van der Waals surface area contributed by atoms with Gasteiger partial charge in [0.05, 0.1) is 0 Å². The molecule has 0 bridgehead atoms. The minimum Gasteiger partial charge on any atom is -0.349 e. The lowest BCUT2D eigenvalue weighted by atomic mass is 10.3. The first-order chi connectivity index (χ1) is 3.84. The van der Waals surface area contributed by atoms with Gasteiger partial charge in [-0.3, -0.25) is 4.79 Å². The average Bonchev–Trinajstić information content (AvgIpc) is 2.14. The molecule has 0 aliphatic carbocycles. The van der Waals surface area contributed by atoms with E-state index in [9.17, 15) is 4.79 Å². The molecule has 0 saturated carbocycles. The first kappa shape index (κ1) is 5.09. The fourth-order valence-electron chi connectivity index (χ4n) is 0.624. The van der Waals surface area contributed by atoms with Crippen LogP contribution in [0.5, 0.6) is 0 Å². The van der Waals surface area contributed by atoms with Crippen molar-refractivity contribution in [3.8, 4) is 0 Å². The zero-order valence-corrected chi connectivity index (χ0v) is 4.48. The van der Waals surface area contributed by atoms with Gasteiger partial charge in [0, 0.05) is 12.1 Å². The summed E-state index contributed by atoms with van der Waals surface area (Å²) in [6.07, 6.45) is 3.37. The largest absolute Gasteiger partial charge is 0.349 e. The van der Waals surface area contributed by atoms with E-state index in [1.54, 1.807) is 6.08 Å². The van der Waals surface area contributed by atoms with Crippen LogP contribution in [0, 0.1) is 0 Å². The summed E-state index contributed by atoms with van der Waals surface area (Å²) in [6.45, 7) is 4.12. The molecule has 0 fully saturated rings. The summed E-state index contributed by atoms with van der Waals surface area (Å²) in [7, 11) is 0. The Morgan fingerprint density at radius 1 is 1.88 bits per heavy atom. The molecule has 0 atom stereocenters. The Kier molecular flexibility index (Phi) is 1.16. The van der Waals surface area contributed by atoms with Crippen LogP contribution in [0.2, 0.25) is 0 Å². The topological polar surface area (TPSA) is 29.1 Å². The fourth-order valence-corrected chi connectivity index (χ4v) is 0.624. The highest BCUT2D eigenvalue weighted by molar-refractivity contribution is 5.98. The maximum absolute atomic E-state index is 10.6. The zero-order valence-electron chi connectivity index (χ0n) is 4.48. The van der Waals surface area contributed by atoms with E-state index in [1.807, 2.05) is 6.08 Å². The average molecular weight is 109 g/mol. The molecule has 0 radical (unpaired) electrons. The molecule has 1 aliphatic heterocycles. The summed E-state index contributed by atoms with van der Waals surface area (Å²) in [5.41, 5.74) is 0.685. The zero-order chi connectivity index (χ0) is 5.98. The lowest BCUT2D eigenvalue weighted by molar-refractivity contribution is -0.116. The SMILES string of the molecule is C=CC1=CCNC1=O. The third kappa shape index (κ3) is 0.644. The van der Waals surface area contributed by atoms with Crippen molar-refractivity contribution in [1.29, 1.82) is 0 Å². The summed E-state index contributed by atoms with van der Waals surface area (Å²) in [4.78, 5) is 10.6. The third-order valence-corrected chi connectivity index (χ3v) is 1.07. The maximum atomic E-state index is 10.6. The minimum atomic E-state index is -0.0139. The first-order valence-electron chi connectivity index (χ1n) is 2.45. The molecule has 1 N–H and O–H groups in total. The summed E-state index contributed by atoms with van der Waals surface area (Å²) >= 11 is 0. The molecule has 0 aromatic heterocycles. The van der Waals surface area contributed by atoms with Crippen LogP contribution < -0.4 is 5.32 Å². The molecule has 1 rings (SSSR count). The Morgan fingerprint density at radius 3 is 2.88 bits per heavy atom. The van der Waals surface area contributed by atoms with Crippen molar-refractivity contribution in [2.24, 2.45) is 0 Å². The second-order valence-corrected chi connectivity index (χ2v) is 1.57. The Morgan fingerprint density at radius 2 is 2.62 bits per heavy atom. The van der Waals surface area contributed by atoms with E-state index in [4.69, 9.17) is 0 Å². The van der Waals surface area contributed by atoms with E-state index >= 15 is 0 Å². The van der Waals surface area contributed by atoms with E-state index in [-0.39, 0.29) is 5.91 Å². The van der Waals surface area contributed by atoms with Gasteiger partial charge in [-0.1, -0.05) is 18.7 Å². The maximum Gasteiger partial charge on any atom is 0.251 e. The van der Waals surface area contributed by atoms with Crippen molar-refractivity contribution in [1.82, 2.24) is 5.32 Å².